The Hall–Kier alpha value is -0.120. The number of rotatable bonds is 11. The van der Waals surface area contributed by atoms with Crippen molar-refractivity contribution >= 4 is 0 Å². The van der Waals surface area contributed by atoms with Gasteiger partial charge in [-0.2, -0.15) is 0 Å². The molecule has 1 fully saturated rings. The second kappa shape index (κ2) is 8.90. The third kappa shape index (κ3) is 5.84. The van der Waals surface area contributed by atoms with Crippen LogP contribution in [0.25, 0.3) is 0 Å². The van der Waals surface area contributed by atoms with Crippen molar-refractivity contribution in [2.24, 2.45) is 5.41 Å². The van der Waals surface area contributed by atoms with E-state index in [0.29, 0.717) is 5.41 Å². The van der Waals surface area contributed by atoms with Crippen LogP contribution in [0.2, 0.25) is 0 Å². The van der Waals surface area contributed by atoms with E-state index in [1.54, 1.807) is 7.11 Å². The Bertz CT molecular complexity index is 181. The largest absolute Gasteiger partial charge is 0.383 e. The van der Waals surface area contributed by atoms with Crippen LogP contribution < -0.4 is 5.32 Å². The molecule has 0 aromatic rings. The van der Waals surface area contributed by atoms with Gasteiger partial charge >= 0.3 is 0 Å². The second-order valence-corrected chi connectivity index (χ2v) is 5.24. The van der Waals surface area contributed by atoms with E-state index in [9.17, 15) is 0 Å². The Labute approximate surface area is 106 Å². The van der Waals surface area contributed by atoms with Crippen molar-refractivity contribution < 1.29 is 9.47 Å². The molecule has 0 aromatic carbocycles. The average molecular weight is 243 g/mol. The highest BCUT2D eigenvalue weighted by atomic mass is 16.5. The lowest BCUT2D eigenvalue weighted by molar-refractivity contribution is 0.0474. The lowest BCUT2D eigenvalue weighted by atomic mass is 9.67. The van der Waals surface area contributed by atoms with E-state index in [1.807, 2.05) is 0 Å². The minimum Gasteiger partial charge on any atom is -0.383 e. The van der Waals surface area contributed by atoms with Gasteiger partial charge in [0.2, 0.25) is 0 Å². The van der Waals surface area contributed by atoms with Crippen LogP contribution in [-0.4, -0.2) is 40.0 Å². The molecular weight excluding hydrogens is 214 g/mol. The molecule has 0 unspecified atom stereocenters. The summed E-state index contributed by atoms with van der Waals surface area (Å²) in [6.07, 6.45) is 7.76. The molecule has 1 aliphatic carbocycles. The lowest BCUT2D eigenvalue weighted by Crippen LogP contribution is -2.41. The minimum atomic E-state index is 0.528. The fourth-order valence-corrected chi connectivity index (χ4v) is 2.36. The predicted octanol–water partition coefficient (Wildman–Crippen LogP) is 2.60. The molecule has 0 aromatic heterocycles. The number of ether oxygens (including phenoxy) is 2. The van der Waals surface area contributed by atoms with Crippen LogP contribution in [0, 0.1) is 5.41 Å². The van der Waals surface area contributed by atoms with Gasteiger partial charge in [-0.3, -0.25) is 0 Å². The van der Waals surface area contributed by atoms with Gasteiger partial charge in [-0.1, -0.05) is 19.8 Å². The zero-order valence-corrected chi connectivity index (χ0v) is 11.6. The third-order valence-corrected chi connectivity index (χ3v) is 3.82. The van der Waals surface area contributed by atoms with Crippen LogP contribution >= 0.6 is 0 Å². The van der Waals surface area contributed by atoms with Gasteiger partial charge in [0.05, 0.1) is 6.61 Å². The van der Waals surface area contributed by atoms with Gasteiger partial charge in [-0.25, -0.2) is 0 Å². The van der Waals surface area contributed by atoms with Crippen LogP contribution in [0.1, 0.15) is 45.4 Å². The van der Waals surface area contributed by atoms with E-state index < -0.39 is 0 Å². The number of nitrogens with one attached hydrogen (secondary N) is 1. The molecular formula is C14H29NO2. The molecule has 1 rings (SSSR count). The standard InChI is InChI=1S/C14H29NO2/c1-3-4-10-17-11-8-14(6-5-7-14)13-15-9-12-16-2/h15H,3-13H2,1-2H3. The first-order valence-electron chi connectivity index (χ1n) is 7.10. The Morgan fingerprint density at radius 3 is 2.59 bits per heavy atom. The Kier molecular flexibility index (Phi) is 7.82. The van der Waals surface area contributed by atoms with Gasteiger partial charge in [0.15, 0.2) is 0 Å². The van der Waals surface area contributed by atoms with E-state index >= 15 is 0 Å². The van der Waals surface area contributed by atoms with Crippen molar-refractivity contribution in [3.63, 3.8) is 0 Å². The van der Waals surface area contributed by atoms with E-state index in [2.05, 4.69) is 12.2 Å². The molecule has 0 aliphatic heterocycles. The predicted molar refractivity (Wildman–Crippen MR) is 71.4 cm³/mol. The van der Waals surface area contributed by atoms with Gasteiger partial charge in [0.1, 0.15) is 0 Å². The lowest BCUT2D eigenvalue weighted by Gasteiger charge is -2.42. The number of unbranched alkanes of at least 4 members (excludes halogenated alkanes) is 1. The van der Waals surface area contributed by atoms with Crippen molar-refractivity contribution in [3.05, 3.63) is 0 Å². The molecule has 0 bridgehead atoms. The van der Waals surface area contributed by atoms with E-state index in [4.69, 9.17) is 9.47 Å². The number of hydrogen-bond acceptors (Lipinski definition) is 3. The van der Waals surface area contributed by atoms with Crippen molar-refractivity contribution in [2.45, 2.75) is 45.4 Å². The zero-order valence-electron chi connectivity index (χ0n) is 11.6. The number of hydrogen-bond donors (Lipinski definition) is 1. The maximum absolute atomic E-state index is 5.68. The van der Waals surface area contributed by atoms with Crippen molar-refractivity contribution in [1.29, 1.82) is 0 Å². The van der Waals surface area contributed by atoms with Crippen LogP contribution in [0.4, 0.5) is 0 Å². The summed E-state index contributed by atoms with van der Waals surface area (Å²) in [6.45, 7) is 6.98. The quantitative estimate of drug-likeness (QED) is 0.566. The first kappa shape index (κ1) is 14.9. The summed E-state index contributed by atoms with van der Waals surface area (Å²) >= 11 is 0. The van der Waals surface area contributed by atoms with Crippen molar-refractivity contribution in [3.8, 4) is 0 Å². The Morgan fingerprint density at radius 2 is 2.00 bits per heavy atom. The van der Waals surface area contributed by atoms with Gasteiger partial charge in [-0.15, -0.1) is 0 Å². The maximum atomic E-state index is 5.68. The van der Waals surface area contributed by atoms with Crippen LogP contribution in [0.5, 0.6) is 0 Å². The molecule has 0 radical (unpaired) electrons. The van der Waals surface area contributed by atoms with Gasteiger partial charge in [0.25, 0.3) is 0 Å². The Morgan fingerprint density at radius 1 is 1.18 bits per heavy atom. The highest BCUT2D eigenvalue weighted by Crippen LogP contribution is 2.43. The molecule has 1 N–H and O–H groups in total. The molecule has 0 saturated heterocycles. The second-order valence-electron chi connectivity index (χ2n) is 5.24. The van der Waals surface area contributed by atoms with Gasteiger partial charge in [0, 0.05) is 33.4 Å². The topological polar surface area (TPSA) is 30.5 Å². The molecule has 0 spiro atoms. The summed E-state index contributed by atoms with van der Waals surface area (Å²) in [5.41, 5.74) is 0.528. The summed E-state index contributed by atoms with van der Waals surface area (Å²) in [4.78, 5) is 0. The molecule has 1 aliphatic rings. The first-order valence-corrected chi connectivity index (χ1v) is 7.10. The molecule has 102 valence electrons. The smallest absolute Gasteiger partial charge is 0.0587 e. The average Bonchev–Trinajstić information content (AvgIpc) is 2.29. The zero-order chi connectivity index (χ0) is 12.4. The summed E-state index contributed by atoms with van der Waals surface area (Å²) in [6, 6.07) is 0. The van der Waals surface area contributed by atoms with Gasteiger partial charge < -0.3 is 14.8 Å². The minimum absolute atomic E-state index is 0.528. The molecule has 1 saturated carbocycles. The summed E-state index contributed by atoms with van der Waals surface area (Å²) in [5, 5.41) is 3.50. The molecule has 3 nitrogen and oxygen atoms in total. The fraction of sp³-hybridized carbons (Fsp3) is 1.00. The SMILES string of the molecule is CCCCOCCC1(CNCCOC)CCC1. The highest BCUT2D eigenvalue weighted by Gasteiger charge is 2.35. The van der Waals surface area contributed by atoms with Crippen molar-refractivity contribution in [1.82, 2.24) is 5.32 Å². The van der Waals surface area contributed by atoms with E-state index in [1.165, 1.54) is 38.5 Å². The molecule has 3 heteroatoms. The molecule has 0 amide bonds. The summed E-state index contributed by atoms with van der Waals surface area (Å²) < 4.78 is 10.7. The van der Waals surface area contributed by atoms with Gasteiger partial charge in [-0.05, 0) is 31.1 Å². The summed E-state index contributed by atoms with van der Waals surface area (Å²) in [7, 11) is 1.75. The fourth-order valence-electron chi connectivity index (χ4n) is 2.36. The van der Waals surface area contributed by atoms with Crippen LogP contribution in [-0.2, 0) is 9.47 Å². The maximum Gasteiger partial charge on any atom is 0.0587 e. The number of methoxy groups -OCH3 is 1. The van der Waals surface area contributed by atoms with Crippen molar-refractivity contribution in [2.75, 3.05) is 40.0 Å². The van der Waals surface area contributed by atoms with Crippen LogP contribution in [0.3, 0.4) is 0 Å². The van der Waals surface area contributed by atoms with Crippen LogP contribution in [0.15, 0.2) is 0 Å². The normalized spacial score (nSPS) is 18.0. The van der Waals surface area contributed by atoms with E-state index in [0.717, 1.165) is 32.9 Å². The van der Waals surface area contributed by atoms with E-state index in [-0.39, 0.29) is 0 Å². The Balaban J connectivity index is 2.04. The molecule has 0 atom stereocenters. The third-order valence-electron chi connectivity index (χ3n) is 3.82. The first-order chi connectivity index (χ1) is 8.33. The summed E-state index contributed by atoms with van der Waals surface area (Å²) in [5.74, 6) is 0. The monoisotopic (exact) mass is 243 g/mol. The highest BCUT2D eigenvalue weighted by molar-refractivity contribution is 4.89. The molecule has 17 heavy (non-hydrogen) atoms. The molecule has 0 heterocycles.